The van der Waals surface area contributed by atoms with Crippen molar-refractivity contribution in [3.8, 4) is 0 Å². The maximum Gasteiger partial charge on any atom is 0.320 e. The molecule has 1 fully saturated rings. The summed E-state index contributed by atoms with van der Waals surface area (Å²) in [6.45, 7) is 11.2. The molecule has 0 unspecified atom stereocenters. The van der Waals surface area contributed by atoms with Crippen molar-refractivity contribution in [3.63, 3.8) is 0 Å². The molecule has 7 heteroatoms. The predicted molar refractivity (Wildman–Crippen MR) is 97.0 cm³/mol. The Hall–Kier alpha value is -1.44. The van der Waals surface area contributed by atoms with E-state index in [9.17, 15) is 13.2 Å². The van der Waals surface area contributed by atoms with Crippen LogP contribution >= 0.6 is 0 Å². The van der Waals surface area contributed by atoms with Gasteiger partial charge in [0.25, 0.3) is 0 Å². The molecule has 6 nitrogen and oxygen atoms in total. The zero-order chi connectivity index (χ0) is 18.8. The first-order valence-electron chi connectivity index (χ1n) is 8.51. The summed E-state index contributed by atoms with van der Waals surface area (Å²) < 4.78 is 32.5. The van der Waals surface area contributed by atoms with Crippen molar-refractivity contribution in [3.05, 3.63) is 29.3 Å². The van der Waals surface area contributed by atoms with Gasteiger partial charge in [-0.05, 0) is 46.2 Å². The zero-order valence-electron chi connectivity index (χ0n) is 15.7. The molecule has 0 amide bonds. The van der Waals surface area contributed by atoms with Crippen molar-refractivity contribution in [2.75, 3.05) is 32.7 Å². The number of carbonyl (C=O) groups excluding carboxylic acids is 1. The fraction of sp³-hybridized carbons (Fsp3) is 0.611. The van der Waals surface area contributed by atoms with Gasteiger partial charge in [-0.1, -0.05) is 17.7 Å². The van der Waals surface area contributed by atoms with E-state index in [1.54, 1.807) is 6.07 Å². The normalized spacial score (nSPS) is 17.5. The molecule has 0 bridgehead atoms. The lowest BCUT2D eigenvalue weighted by Gasteiger charge is -2.34. The highest BCUT2D eigenvalue weighted by Crippen LogP contribution is 2.22. The predicted octanol–water partition coefficient (Wildman–Crippen LogP) is 1.95. The Morgan fingerprint density at radius 3 is 2.24 bits per heavy atom. The number of nitrogens with zero attached hydrogens (tertiary/aromatic N) is 2. The Labute approximate surface area is 150 Å². The minimum atomic E-state index is -3.50. The molecule has 0 atom stereocenters. The van der Waals surface area contributed by atoms with Crippen LogP contribution in [0.5, 0.6) is 0 Å². The third kappa shape index (κ3) is 5.26. The molecule has 2 rings (SSSR count). The van der Waals surface area contributed by atoms with E-state index < -0.39 is 15.6 Å². The van der Waals surface area contributed by atoms with Gasteiger partial charge in [-0.2, -0.15) is 4.31 Å². The number of hydrogen-bond acceptors (Lipinski definition) is 5. The first-order chi connectivity index (χ1) is 11.5. The lowest BCUT2D eigenvalue weighted by molar-refractivity contribution is -0.156. The van der Waals surface area contributed by atoms with Gasteiger partial charge < -0.3 is 4.74 Å². The SMILES string of the molecule is Cc1ccc(S(=O)(=O)N2CCN(CC(=O)OC(C)(C)C)CC2)c(C)c1. The minimum absolute atomic E-state index is 0.189. The summed E-state index contributed by atoms with van der Waals surface area (Å²) in [5.74, 6) is -0.279. The molecule has 0 N–H and O–H groups in total. The van der Waals surface area contributed by atoms with Crippen LogP contribution in [0.3, 0.4) is 0 Å². The fourth-order valence-corrected chi connectivity index (χ4v) is 4.54. The van der Waals surface area contributed by atoms with Crippen LogP contribution in [0.2, 0.25) is 0 Å². The summed E-state index contributed by atoms with van der Waals surface area (Å²) in [7, 11) is -3.50. The zero-order valence-corrected chi connectivity index (χ0v) is 16.5. The summed E-state index contributed by atoms with van der Waals surface area (Å²) in [5.41, 5.74) is 1.29. The van der Waals surface area contributed by atoms with Gasteiger partial charge in [0.2, 0.25) is 10.0 Å². The van der Waals surface area contributed by atoms with Crippen molar-refractivity contribution < 1.29 is 17.9 Å². The number of carbonyl (C=O) groups is 1. The third-order valence-electron chi connectivity index (χ3n) is 4.05. The molecule has 0 aliphatic carbocycles. The van der Waals surface area contributed by atoms with Crippen LogP contribution in [0.25, 0.3) is 0 Å². The van der Waals surface area contributed by atoms with Crippen LogP contribution in [-0.4, -0.2) is 61.9 Å². The fourth-order valence-electron chi connectivity index (χ4n) is 2.91. The number of sulfonamides is 1. The number of hydrogen-bond donors (Lipinski definition) is 0. The molecule has 1 saturated heterocycles. The van der Waals surface area contributed by atoms with E-state index in [2.05, 4.69) is 0 Å². The molecular formula is C18H28N2O4S. The first kappa shape index (κ1) is 19.9. The van der Waals surface area contributed by atoms with Crippen molar-refractivity contribution in [1.82, 2.24) is 9.21 Å². The van der Waals surface area contributed by atoms with Crippen LogP contribution in [0.1, 0.15) is 31.9 Å². The van der Waals surface area contributed by atoms with Crippen LogP contribution in [0.15, 0.2) is 23.1 Å². The molecule has 0 radical (unpaired) electrons. The third-order valence-corrected chi connectivity index (χ3v) is 6.11. The highest BCUT2D eigenvalue weighted by atomic mass is 32.2. The summed E-state index contributed by atoms with van der Waals surface area (Å²) in [6, 6.07) is 5.37. The van der Waals surface area contributed by atoms with E-state index in [0.717, 1.165) is 11.1 Å². The minimum Gasteiger partial charge on any atom is -0.459 e. The lowest BCUT2D eigenvalue weighted by atomic mass is 10.2. The van der Waals surface area contributed by atoms with Gasteiger partial charge in [-0.15, -0.1) is 0 Å². The number of rotatable bonds is 4. The molecule has 1 aromatic rings. The van der Waals surface area contributed by atoms with E-state index in [-0.39, 0.29) is 12.5 Å². The van der Waals surface area contributed by atoms with E-state index in [0.29, 0.717) is 31.1 Å². The van der Waals surface area contributed by atoms with E-state index in [1.807, 2.05) is 51.7 Å². The summed E-state index contributed by atoms with van der Waals surface area (Å²) in [5, 5.41) is 0. The molecule has 1 aromatic carbocycles. The Bertz CT molecular complexity index is 730. The topological polar surface area (TPSA) is 66.9 Å². The molecule has 1 aliphatic heterocycles. The van der Waals surface area contributed by atoms with Gasteiger partial charge in [0, 0.05) is 26.2 Å². The van der Waals surface area contributed by atoms with Crippen molar-refractivity contribution in [2.45, 2.75) is 45.1 Å². The van der Waals surface area contributed by atoms with Crippen molar-refractivity contribution >= 4 is 16.0 Å². The Kier molecular flexibility index (Phi) is 5.91. The monoisotopic (exact) mass is 368 g/mol. The molecule has 1 heterocycles. The number of piperazine rings is 1. The quantitative estimate of drug-likeness (QED) is 0.760. The highest BCUT2D eigenvalue weighted by Gasteiger charge is 2.30. The highest BCUT2D eigenvalue weighted by molar-refractivity contribution is 7.89. The van der Waals surface area contributed by atoms with Crippen LogP contribution < -0.4 is 0 Å². The van der Waals surface area contributed by atoms with Gasteiger partial charge in [-0.25, -0.2) is 8.42 Å². The summed E-state index contributed by atoms with van der Waals surface area (Å²) in [4.78, 5) is 14.2. The molecule has 1 aliphatic rings. The second-order valence-electron chi connectivity index (χ2n) is 7.54. The van der Waals surface area contributed by atoms with Crippen molar-refractivity contribution in [1.29, 1.82) is 0 Å². The van der Waals surface area contributed by atoms with Crippen LogP contribution in [0, 0.1) is 13.8 Å². The van der Waals surface area contributed by atoms with Gasteiger partial charge in [-0.3, -0.25) is 9.69 Å². The smallest absolute Gasteiger partial charge is 0.320 e. The molecule has 25 heavy (non-hydrogen) atoms. The Morgan fingerprint density at radius 1 is 1.12 bits per heavy atom. The second kappa shape index (κ2) is 7.43. The maximum atomic E-state index is 12.9. The molecular weight excluding hydrogens is 340 g/mol. The standard InChI is InChI=1S/C18H28N2O4S/c1-14-6-7-16(15(2)12-14)25(22,23)20-10-8-19(9-11-20)13-17(21)24-18(3,4)5/h6-7,12H,8-11,13H2,1-5H3. The first-order valence-corrected chi connectivity index (χ1v) is 9.95. The molecule has 0 spiro atoms. The molecule has 0 aromatic heterocycles. The van der Waals surface area contributed by atoms with Gasteiger partial charge >= 0.3 is 5.97 Å². The average Bonchev–Trinajstić information content (AvgIpc) is 2.45. The number of ether oxygens (including phenoxy) is 1. The number of aryl methyl sites for hydroxylation is 2. The molecule has 0 saturated carbocycles. The second-order valence-corrected chi connectivity index (χ2v) is 9.44. The number of esters is 1. The van der Waals surface area contributed by atoms with Gasteiger partial charge in [0.1, 0.15) is 5.60 Å². The van der Waals surface area contributed by atoms with E-state index in [1.165, 1.54) is 4.31 Å². The molecule has 140 valence electrons. The summed E-state index contributed by atoms with van der Waals surface area (Å²) >= 11 is 0. The van der Waals surface area contributed by atoms with Crippen LogP contribution in [0.4, 0.5) is 0 Å². The van der Waals surface area contributed by atoms with E-state index >= 15 is 0 Å². The van der Waals surface area contributed by atoms with Crippen LogP contribution in [-0.2, 0) is 19.6 Å². The number of benzene rings is 1. The van der Waals surface area contributed by atoms with Gasteiger partial charge in [0.15, 0.2) is 0 Å². The lowest BCUT2D eigenvalue weighted by Crippen LogP contribution is -2.50. The van der Waals surface area contributed by atoms with E-state index in [4.69, 9.17) is 4.74 Å². The largest absolute Gasteiger partial charge is 0.459 e. The summed E-state index contributed by atoms with van der Waals surface area (Å²) in [6.07, 6.45) is 0. The Morgan fingerprint density at radius 2 is 1.72 bits per heavy atom. The average molecular weight is 368 g/mol. The Balaban J connectivity index is 1.98. The maximum absolute atomic E-state index is 12.9. The van der Waals surface area contributed by atoms with Gasteiger partial charge in [0.05, 0.1) is 11.4 Å². The van der Waals surface area contributed by atoms with Crippen molar-refractivity contribution in [2.24, 2.45) is 0 Å².